The molecule has 0 aliphatic carbocycles. The van der Waals surface area contributed by atoms with Crippen LogP contribution in [0.25, 0.3) is 0 Å². The molecule has 0 rings (SSSR count). The zero-order valence-corrected chi connectivity index (χ0v) is 4.37. The molecule has 0 bridgehead atoms. The van der Waals surface area contributed by atoms with E-state index in [1.54, 1.807) is 0 Å². The van der Waals surface area contributed by atoms with Crippen molar-refractivity contribution in [3.05, 3.63) is 0 Å². The number of hydrogen-bond donors (Lipinski definition) is 0. The van der Waals surface area contributed by atoms with Gasteiger partial charge in [0.1, 0.15) is 7.57 Å². The topological polar surface area (TPSA) is 0 Å². The first-order valence-corrected chi connectivity index (χ1v) is 1.73. The molecule has 0 heterocycles. The van der Waals surface area contributed by atoms with Crippen LogP contribution < -0.4 is 0 Å². The number of halogens is 4. The molecule has 6 heteroatoms. The van der Waals surface area contributed by atoms with Crippen molar-refractivity contribution in [1.82, 2.24) is 0 Å². The Labute approximate surface area is 36.7 Å². The van der Waals surface area contributed by atoms with Crippen LogP contribution in [-0.2, 0) is 0 Å². The van der Waals surface area contributed by atoms with E-state index in [4.69, 9.17) is 0 Å². The summed E-state index contributed by atoms with van der Waals surface area (Å²) in [6, 6.07) is 0. The van der Waals surface area contributed by atoms with Gasteiger partial charge in [0.2, 0.25) is 0 Å². The van der Waals surface area contributed by atoms with Gasteiger partial charge in [-0.2, -0.15) is 9.12 Å². The zero-order valence-electron chi connectivity index (χ0n) is 3.21. The van der Waals surface area contributed by atoms with E-state index >= 15 is 0 Å². The third kappa shape index (κ3) is 943. The van der Waals surface area contributed by atoms with Crippen molar-refractivity contribution in [2.45, 2.75) is 0 Å². The predicted molar refractivity (Wildman–Crippen MR) is 28.3 cm³/mol. The maximum atomic E-state index is 2.42. The van der Waals surface area contributed by atoms with E-state index in [0.717, 1.165) is 0 Å². The highest BCUT2D eigenvalue weighted by atomic mass is 31.0. The minimum atomic E-state index is 0. The molecule has 0 saturated carbocycles. The minimum absolute atomic E-state index is 0. The van der Waals surface area contributed by atoms with Crippen LogP contribution in [0.3, 0.4) is 0 Å². The highest BCUT2D eigenvalue weighted by molar-refractivity contribution is 7.49. The summed E-state index contributed by atoms with van der Waals surface area (Å²) in [6.45, 7) is 0. The Morgan fingerprint density at radius 3 is 0.667 bits per heavy atom. The van der Waals surface area contributed by atoms with Gasteiger partial charge in [-0.25, -0.2) is 0 Å². The Morgan fingerprint density at radius 1 is 0.667 bits per heavy atom. The Kier molecular flexibility index (Phi) is 38300. The van der Waals surface area contributed by atoms with Gasteiger partial charge in [0, 0.05) is 0 Å². The van der Waals surface area contributed by atoms with Crippen LogP contribution in [0, 0.1) is 0 Å². The maximum absolute atomic E-state index is 2.42. The van der Waals surface area contributed by atoms with Crippen molar-refractivity contribution in [2.75, 3.05) is 0 Å². The molecule has 0 spiro atoms. The molecule has 0 aromatic rings. The second-order valence-electron chi connectivity index (χ2n) is 0. The van der Waals surface area contributed by atoms with E-state index in [2.05, 4.69) is 9.12 Å². The van der Waals surface area contributed by atoms with E-state index in [1.807, 2.05) is 7.57 Å². The van der Waals surface area contributed by atoms with E-state index in [0.29, 0.717) is 0 Å². The van der Waals surface area contributed by atoms with E-state index in [1.165, 1.54) is 0 Å². The molecule has 0 saturated heterocycles. The standard InChI is InChI=1S/BH4P.4FH/c1-2;;;;/h1-2H2;4*1H. The monoisotopic (exact) mass is 126 g/mol. The third-order valence-electron chi connectivity index (χ3n) is 0. The van der Waals surface area contributed by atoms with Crippen LogP contribution in [0.5, 0.6) is 0 Å². The van der Waals surface area contributed by atoms with Gasteiger partial charge in [-0.1, -0.05) is 0 Å². The molecule has 0 nitrogen and oxygen atoms in total. The lowest BCUT2D eigenvalue weighted by molar-refractivity contribution is 1.11. The second kappa shape index (κ2) is 2010. The van der Waals surface area contributed by atoms with Gasteiger partial charge in [0.15, 0.2) is 0 Å². The van der Waals surface area contributed by atoms with Crippen molar-refractivity contribution in [3.63, 3.8) is 0 Å². The van der Waals surface area contributed by atoms with Gasteiger partial charge in [-0.05, 0) is 0 Å². The Bertz CT molecular complexity index is 7.51. The summed E-state index contributed by atoms with van der Waals surface area (Å²) in [5.74, 6) is 0. The third-order valence-corrected chi connectivity index (χ3v) is 0. The molecule has 0 aliphatic rings. The van der Waals surface area contributed by atoms with Crippen LogP contribution in [0.2, 0.25) is 0 Å². The van der Waals surface area contributed by atoms with Gasteiger partial charge in [-0.15, -0.1) is 0 Å². The molecule has 1 atom stereocenters. The van der Waals surface area contributed by atoms with Gasteiger partial charge in [0.05, 0.1) is 0 Å². The van der Waals surface area contributed by atoms with E-state index in [-0.39, 0.29) is 18.8 Å². The Balaban J connectivity index is -0.000000000833. The first kappa shape index (κ1) is 115. The molecular formula is H8BF4P. The van der Waals surface area contributed by atoms with Crippen LogP contribution in [0.15, 0.2) is 0 Å². The number of rotatable bonds is 0. The summed E-state index contributed by atoms with van der Waals surface area (Å²) in [4.78, 5) is 0. The van der Waals surface area contributed by atoms with Gasteiger partial charge in [0.25, 0.3) is 0 Å². The van der Waals surface area contributed by atoms with E-state index in [9.17, 15) is 0 Å². The average molecular weight is 126 g/mol. The lowest BCUT2D eigenvalue weighted by Gasteiger charge is -1.04. The van der Waals surface area contributed by atoms with Gasteiger partial charge in [-0.3, -0.25) is 18.8 Å². The second-order valence-corrected chi connectivity index (χ2v) is 0. The molecule has 0 N–H and O–H groups in total. The summed E-state index contributed by atoms with van der Waals surface area (Å²) in [7, 11) is 4.33. The first-order valence-electron chi connectivity index (χ1n) is 0.577. The molecule has 1 unspecified atom stereocenters. The smallest absolute Gasteiger partial charge is 0.126 e. The van der Waals surface area contributed by atoms with Crippen molar-refractivity contribution >= 4 is 16.7 Å². The van der Waals surface area contributed by atoms with E-state index < -0.39 is 0 Å². The van der Waals surface area contributed by atoms with Crippen LogP contribution in [0.4, 0.5) is 18.8 Å². The maximum Gasteiger partial charge on any atom is 0.126 e. The fraction of sp³-hybridized carbons (Fsp3) is 0. The minimum Gasteiger partial charge on any atom is -0.269 e. The van der Waals surface area contributed by atoms with Crippen LogP contribution in [0.1, 0.15) is 0 Å². The van der Waals surface area contributed by atoms with Gasteiger partial charge < -0.3 is 0 Å². The number of hydrogen-bond acceptors (Lipinski definition) is 0. The predicted octanol–water partition coefficient (Wildman–Crippen LogP) is 0.0196. The Morgan fingerprint density at radius 2 is 0.667 bits per heavy atom. The summed E-state index contributed by atoms with van der Waals surface area (Å²) in [6.07, 6.45) is 0. The SMILES string of the molecule is BP.F.F.F.F. The largest absolute Gasteiger partial charge is 0.269 e. The zero-order chi connectivity index (χ0) is 2.00. The summed E-state index contributed by atoms with van der Waals surface area (Å²) in [5, 5.41) is 0. The highest BCUT2D eigenvalue weighted by Crippen LogP contribution is 1.42. The fourth-order valence-corrected chi connectivity index (χ4v) is 0. The van der Waals surface area contributed by atoms with Crippen LogP contribution in [-0.4, -0.2) is 7.57 Å². The average Bonchev–Trinajstić information content (AvgIpc) is 1.00. The van der Waals surface area contributed by atoms with Crippen molar-refractivity contribution < 1.29 is 18.8 Å². The molecule has 0 amide bonds. The van der Waals surface area contributed by atoms with Gasteiger partial charge >= 0.3 is 0 Å². The molecule has 0 radical (unpaired) electrons. The lowest BCUT2D eigenvalue weighted by atomic mass is 10.8. The molecule has 0 aromatic heterocycles. The lowest BCUT2D eigenvalue weighted by Crippen LogP contribution is -0.937. The summed E-state index contributed by atoms with van der Waals surface area (Å²) >= 11 is 0. The Hall–Kier alpha value is 0.215. The molecule has 0 fully saturated rings. The normalized spacial score (nSPS) is 0.833. The fourth-order valence-electron chi connectivity index (χ4n) is 0. The van der Waals surface area contributed by atoms with Crippen molar-refractivity contribution in [2.24, 2.45) is 0 Å². The summed E-state index contributed by atoms with van der Waals surface area (Å²) in [5.41, 5.74) is 0. The molecule has 6 heavy (non-hydrogen) atoms. The first-order chi connectivity index (χ1) is 1.00. The van der Waals surface area contributed by atoms with Crippen LogP contribution >= 0.6 is 9.12 Å². The van der Waals surface area contributed by atoms with Crippen molar-refractivity contribution in [1.29, 1.82) is 0 Å². The highest BCUT2D eigenvalue weighted by Gasteiger charge is 0.985. The summed E-state index contributed by atoms with van der Waals surface area (Å²) < 4.78 is 0. The molecular weight excluding hydrogens is 118 g/mol. The quantitative estimate of drug-likeness (QED) is 0.244. The molecule has 44 valence electrons. The molecule has 0 aliphatic heterocycles. The molecule has 0 aromatic carbocycles. The van der Waals surface area contributed by atoms with Crippen molar-refractivity contribution in [3.8, 4) is 0 Å².